The van der Waals surface area contributed by atoms with E-state index in [1.54, 1.807) is 0 Å². The number of nitrogens with zero attached hydrogens (tertiary/aromatic N) is 5. The number of fused-ring (bicyclic) bond motifs is 2. The molecule has 2 saturated heterocycles. The number of aromatic nitrogens is 2. The topological polar surface area (TPSA) is 61.8 Å². The number of allylic oxidation sites excluding steroid dienone is 1. The van der Waals surface area contributed by atoms with Crippen molar-refractivity contribution in [3.63, 3.8) is 0 Å². The van der Waals surface area contributed by atoms with Crippen molar-refractivity contribution in [1.29, 1.82) is 0 Å². The molecule has 1 aromatic heterocycles. The molecule has 1 unspecified atom stereocenters. The number of likely N-dealkylation sites (N-methyl/N-ethyl adjacent to an activating group) is 1. The van der Waals surface area contributed by atoms with E-state index >= 15 is 0 Å². The molecule has 2 atom stereocenters. The standard InChI is InChI=1S/C33H40ClN5O2/c1-4-29(40)33(2)15-8-18-38(20-16-33)31-25-14-19-39(28-13-6-10-23-9-5-12-26(34)30(23)28)21-27(25)35-32(36-31)41-22-24-11-7-17-37(24)3/h4-6,9-10,12-13,24H,1,7-8,11,14-22H2,2-3H3/t24-,33?/m0/s1. The number of hydrogen-bond donors (Lipinski definition) is 0. The minimum Gasteiger partial charge on any atom is -0.462 e. The van der Waals surface area contributed by atoms with E-state index in [0.29, 0.717) is 25.2 Å². The predicted molar refractivity (Wildman–Crippen MR) is 166 cm³/mol. The van der Waals surface area contributed by atoms with Crippen molar-refractivity contribution >= 4 is 39.7 Å². The lowest BCUT2D eigenvalue weighted by Crippen LogP contribution is -2.36. The van der Waals surface area contributed by atoms with E-state index in [-0.39, 0.29) is 11.2 Å². The van der Waals surface area contributed by atoms with Gasteiger partial charge in [-0.3, -0.25) is 4.79 Å². The lowest BCUT2D eigenvalue weighted by molar-refractivity contribution is -0.123. The maximum Gasteiger partial charge on any atom is 0.318 e. The second-order valence-corrected chi connectivity index (χ2v) is 12.5. The van der Waals surface area contributed by atoms with Crippen LogP contribution in [-0.4, -0.2) is 66.5 Å². The Kier molecular flexibility index (Phi) is 7.92. The van der Waals surface area contributed by atoms with Gasteiger partial charge in [-0.1, -0.05) is 49.4 Å². The minimum absolute atomic E-state index is 0.137. The Bertz CT molecular complexity index is 1460. The third-order valence-corrected chi connectivity index (χ3v) is 9.76. The number of halogens is 1. The monoisotopic (exact) mass is 573 g/mol. The van der Waals surface area contributed by atoms with Gasteiger partial charge in [-0.15, -0.1) is 0 Å². The van der Waals surface area contributed by atoms with Crippen molar-refractivity contribution < 1.29 is 9.53 Å². The fraction of sp³-hybridized carbons (Fsp3) is 0.485. The first-order valence-corrected chi connectivity index (χ1v) is 15.3. The normalized spacial score (nSPS) is 23.3. The smallest absolute Gasteiger partial charge is 0.318 e. The highest BCUT2D eigenvalue weighted by molar-refractivity contribution is 6.36. The summed E-state index contributed by atoms with van der Waals surface area (Å²) in [5.41, 5.74) is 2.95. The number of hydrogen-bond acceptors (Lipinski definition) is 7. The van der Waals surface area contributed by atoms with Crippen molar-refractivity contribution in [2.24, 2.45) is 5.41 Å². The summed E-state index contributed by atoms with van der Waals surface area (Å²) in [5, 5.41) is 2.98. The van der Waals surface area contributed by atoms with E-state index in [1.165, 1.54) is 18.1 Å². The number of benzene rings is 2. The highest BCUT2D eigenvalue weighted by atomic mass is 35.5. The number of ether oxygens (including phenoxy) is 1. The fourth-order valence-corrected chi connectivity index (χ4v) is 7.08. The van der Waals surface area contributed by atoms with Crippen LogP contribution in [0.5, 0.6) is 6.01 Å². The molecule has 2 aromatic carbocycles. The summed E-state index contributed by atoms with van der Waals surface area (Å²) < 4.78 is 6.32. The summed E-state index contributed by atoms with van der Waals surface area (Å²) in [6.45, 7) is 10.7. The van der Waals surface area contributed by atoms with Gasteiger partial charge in [-0.25, -0.2) is 0 Å². The maximum atomic E-state index is 12.7. The second-order valence-electron chi connectivity index (χ2n) is 12.1. The van der Waals surface area contributed by atoms with E-state index in [4.69, 9.17) is 26.3 Å². The molecule has 0 saturated carbocycles. The number of ketones is 1. The summed E-state index contributed by atoms with van der Waals surface area (Å²) in [7, 11) is 2.16. The molecule has 8 heteroatoms. The molecule has 41 heavy (non-hydrogen) atoms. The summed E-state index contributed by atoms with van der Waals surface area (Å²) in [4.78, 5) is 29.8. The minimum atomic E-state index is -0.375. The lowest BCUT2D eigenvalue weighted by Gasteiger charge is -2.34. The van der Waals surface area contributed by atoms with Crippen LogP contribution in [0.1, 0.15) is 50.3 Å². The molecule has 0 aliphatic carbocycles. The molecular formula is C33H40ClN5O2. The Morgan fingerprint density at radius 2 is 1.93 bits per heavy atom. The molecule has 7 nitrogen and oxygen atoms in total. The molecule has 216 valence electrons. The molecule has 0 radical (unpaired) electrons. The maximum absolute atomic E-state index is 12.7. The third kappa shape index (κ3) is 5.54. The zero-order valence-electron chi connectivity index (χ0n) is 24.2. The van der Waals surface area contributed by atoms with Crippen LogP contribution < -0.4 is 14.5 Å². The van der Waals surface area contributed by atoms with Gasteiger partial charge < -0.3 is 19.4 Å². The van der Waals surface area contributed by atoms with Gasteiger partial charge in [0.1, 0.15) is 12.4 Å². The SMILES string of the molecule is C=CC(=O)C1(C)CCCN(c2nc(OC[C@@H]3CCCN3C)nc3c2CCN(c2cccc4cccc(Cl)c24)C3)CC1. The quantitative estimate of drug-likeness (QED) is 0.318. The average Bonchev–Trinajstić information content (AvgIpc) is 3.29. The Morgan fingerprint density at radius 3 is 2.71 bits per heavy atom. The number of carbonyl (C=O) groups excluding carboxylic acids is 1. The second kappa shape index (κ2) is 11.6. The van der Waals surface area contributed by atoms with E-state index in [9.17, 15) is 4.79 Å². The Labute approximate surface area is 248 Å². The predicted octanol–water partition coefficient (Wildman–Crippen LogP) is 6.07. The highest BCUT2D eigenvalue weighted by Gasteiger charge is 2.35. The van der Waals surface area contributed by atoms with Gasteiger partial charge in [0, 0.05) is 47.7 Å². The summed E-state index contributed by atoms with van der Waals surface area (Å²) in [6, 6.07) is 13.3. The molecular weight excluding hydrogens is 534 g/mol. The van der Waals surface area contributed by atoms with Crippen molar-refractivity contribution in [3.8, 4) is 6.01 Å². The number of anilines is 2. The molecule has 0 spiro atoms. The van der Waals surface area contributed by atoms with Crippen molar-refractivity contribution in [2.45, 2.75) is 58.0 Å². The molecule has 0 bridgehead atoms. The molecule has 2 fully saturated rings. The van der Waals surface area contributed by atoms with Crippen LogP contribution in [0.3, 0.4) is 0 Å². The van der Waals surface area contributed by atoms with E-state index in [0.717, 1.165) is 91.3 Å². The van der Waals surface area contributed by atoms with Crippen LogP contribution in [-0.2, 0) is 17.8 Å². The summed E-state index contributed by atoms with van der Waals surface area (Å²) in [5.74, 6) is 1.11. The van der Waals surface area contributed by atoms with Gasteiger partial charge in [0.25, 0.3) is 0 Å². The van der Waals surface area contributed by atoms with Crippen molar-refractivity contribution in [1.82, 2.24) is 14.9 Å². The van der Waals surface area contributed by atoms with Crippen LogP contribution >= 0.6 is 11.6 Å². The zero-order valence-corrected chi connectivity index (χ0v) is 25.0. The number of rotatable bonds is 7. The van der Waals surface area contributed by atoms with E-state index in [2.05, 4.69) is 59.5 Å². The van der Waals surface area contributed by atoms with E-state index in [1.807, 2.05) is 12.1 Å². The Balaban J connectivity index is 1.33. The third-order valence-electron chi connectivity index (χ3n) is 9.44. The van der Waals surface area contributed by atoms with Gasteiger partial charge in [-0.05, 0) is 75.7 Å². The van der Waals surface area contributed by atoms with Crippen LogP contribution in [0, 0.1) is 5.41 Å². The van der Waals surface area contributed by atoms with E-state index < -0.39 is 0 Å². The molecule has 0 N–H and O–H groups in total. The first-order chi connectivity index (χ1) is 19.9. The lowest BCUT2D eigenvalue weighted by atomic mass is 9.79. The molecule has 3 aliphatic heterocycles. The molecule has 6 rings (SSSR count). The largest absolute Gasteiger partial charge is 0.462 e. The molecule has 0 amide bonds. The Hall–Kier alpha value is -3.16. The summed E-state index contributed by atoms with van der Waals surface area (Å²) >= 11 is 6.71. The Morgan fingerprint density at radius 1 is 1.10 bits per heavy atom. The fourth-order valence-electron chi connectivity index (χ4n) is 6.80. The highest BCUT2D eigenvalue weighted by Crippen LogP contribution is 2.39. The van der Waals surface area contributed by atoms with Crippen molar-refractivity contribution in [3.05, 3.63) is 65.3 Å². The number of likely N-dealkylation sites (tertiary alicyclic amines) is 1. The first kappa shape index (κ1) is 28.0. The van der Waals surface area contributed by atoms with Gasteiger partial charge in [0.15, 0.2) is 5.78 Å². The van der Waals surface area contributed by atoms with Crippen LogP contribution in [0.25, 0.3) is 10.8 Å². The average molecular weight is 574 g/mol. The van der Waals surface area contributed by atoms with Crippen LogP contribution in [0.4, 0.5) is 11.5 Å². The first-order valence-electron chi connectivity index (χ1n) is 14.9. The number of carbonyl (C=O) groups is 1. The molecule has 4 heterocycles. The van der Waals surface area contributed by atoms with Crippen molar-refractivity contribution in [2.75, 3.05) is 49.6 Å². The summed E-state index contributed by atoms with van der Waals surface area (Å²) in [6.07, 6.45) is 7.21. The van der Waals surface area contributed by atoms with Crippen LogP contribution in [0.2, 0.25) is 5.02 Å². The van der Waals surface area contributed by atoms with Gasteiger partial charge in [0.2, 0.25) is 0 Å². The van der Waals surface area contributed by atoms with Gasteiger partial charge in [-0.2, -0.15) is 9.97 Å². The van der Waals surface area contributed by atoms with Gasteiger partial charge in [0.05, 0.1) is 17.3 Å². The zero-order chi connectivity index (χ0) is 28.6. The van der Waals surface area contributed by atoms with Crippen LogP contribution in [0.15, 0.2) is 49.1 Å². The van der Waals surface area contributed by atoms with Gasteiger partial charge >= 0.3 is 6.01 Å². The molecule has 3 aliphatic rings. The molecule has 3 aromatic rings.